The van der Waals surface area contributed by atoms with Gasteiger partial charge in [0.1, 0.15) is 28.7 Å². The average molecular weight is 896 g/mol. The molecule has 6 aromatic rings. The summed E-state index contributed by atoms with van der Waals surface area (Å²) in [5, 5.41) is 61.3. The lowest BCUT2D eigenvalue weighted by molar-refractivity contribution is 0.0342. The van der Waals surface area contributed by atoms with Crippen LogP contribution >= 0.6 is 11.6 Å². The second-order valence-corrected chi connectivity index (χ2v) is 16.7. The third kappa shape index (κ3) is 10.7. The molecule has 0 saturated carbocycles. The van der Waals surface area contributed by atoms with E-state index in [1.807, 2.05) is 64.1 Å². The van der Waals surface area contributed by atoms with Gasteiger partial charge in [0.2, 0.25) is 0 Å². The maximum absolute atomic E-state index is 12.8. The van der Waals surface area contributed by atoms with E-state index in [1.54, 1.807) is 18.2 Å². The SMILES string of the molecule is CCNC(=O)c1noc(-c2cc(C(C)(C)C)c(O)cc2O)c1-c1ccc(CN(CC)CC)cc1.O=C(O)c1onc(-c2cc(Cl)c(O)cc2O)c1-c1ccc(CN2CCOCC2)cc1. The molecule has 1 fully saturated rings. The first kappa shape index (κ1) is 47.1. The summed E-state index contributed by atoms with van der Waals surface area (Å²) in [6.45, 7) is 19.1. The molecular formula is C48H54ClN5O10. The third-order valence-corrected chi connectivity index (χ3v) is 11.2. The normalized spacial score (nSPS) is 13.1. The molecule has 15 nitrogen and oxygen atoms in total. The molecule has 0 unspecified atom stereocenters. The number of hydrogen-bond donors (Lipinski definition) is 6. The molecular weight excluding hydrogens is 842 g/mol. The lowest BCUT2D eigenvalue weighted by Gasteiger charge is -2.26. The Hall–Kier alpha value is -6.39. The smallest absolute Gasteiger partial charge is 0.375 e. The van der Waals surface area contributed by atoms with E-state index in [4.69, 9.17) is 25.4 Å². The van der Waals surface area contributed by atoms with Crippen molar-refractivity contribution in [3.63, 3.8) is 0 Å². The van der Waals surface area contributed by atoms with Crippen molar-refractivity contribution in [2.45, 2.75) is 60.0 Å². The number of halogens is 1. The number of carbonyl (C=O) groups is 2. The number of nitrogens with one attached hydrogen (secondary N) is 1. The first-order valence-corrected chi connectivity index (χ1v) is 21.4. The predicted octanol–water partition coefficient (Wildman–Crippen LogP) is 8.91. The number of carbonyl (C=O) groups excluding carboxylic acids is 1. The van der Waals surface area contributed by atoms with Crippen LogP contribution in [0.3, 0.4) is 0 Å². The molecule has 3 heterocycles. The third-order valence-electron chi connectivity index (χ3n) is 10.9. The molecule has 6 N–H and O–H groups in total. The number of carboxylic acids is 1. The zero-order valence-electron chi connectivity index (χ0n) is 36.7. The van der Waals surface area contributed by atoms with E-state index in [1.165, 1.54) is 12.1 Å². The number of carboxylic acid groups (broad SMARTS) is 1. The van der Waals surface area contributed by atoms with Gasteiger partial charge in [0, 0.05) is 56.0 Å². The Balaban J connectivity index is 0.000000214. The second-order valence-electron chi connectivity index (χ2n) is 16.3. The molecule has 64 heavy (non-hydrogen) atoms. The van der Waals surface area contributed by atoms with Crippen molar-refractivity contribution in [1.29, 1.82) is 0 Å². The van der Waals surface area contributed by atoms with Gasteiger partial charge in [-0.2, -0.15) is 0 Å². The summed E-state index contributed by atoms with van der Waals surface area (Å²) < 4.78 is 16.1. The molecule has 16 heteroatoms. The van der Waals surface area contributed by atoms with Gasteiger partial charge < -0.3 is 44.6 Å². The van der Waals surface area contributed by atoms with Crippen molar-refractivity contribution >= 4 is 23.5 Å². The maximum atomic E-state index is 12.8. The van der Waals surface area contributed by atoms with Gasteiger partial charge in [-0.3, -0.25) is 14.6 Å². The van der Waals surface area contributed by atoms with Crippen LogP contribution in [0.15, 0.2) is 81.8 Å². The van der Waals surface area contributed by atoms with E-state index < -0.39 is 5.97 Å². The number of hydrogen-bond acceptors (Lipinski definition) is 13. The van der Waals surface area contributed by atoms with Crippen molar-refractivity contribution in [2.75, 3.05) is 45.9 Å². The highest BCUT2D eigenvalue weighted by Crippen LogP contribution is 2.45. The Bertz CT molecular complexity index is 2570. The van der Waals surface area contributed by atoms with Crippen LogP contribution in [-0.2, 0) is 23.2 Å². The number of amides is 1. The van der Waals surface area contributed by atoms with Crippen LogP contribution in [0.4, 0.5) is 0 Å². The van der Waals surface area contributed by atoms with E-state index in [9.17, 15) is 35.1 Å². The number of aromatic hydroxyl groups is 4. The lowest BCUT2D eigenvalue weighted by atomic mass is 9.84. The number of ether oxygens (including phenoxy) is 1. The van der Waals surface area contributed by atoms with Crippen LogP contribution in [0.25, 0.3) is 44.8 Å². The van der Waals surface area contributed by atoms with Gasteiger partial charge >= 0.3 is 5.97 Å². The van der Waals surface area contributed by atoms with Crippen molar-refractivity contribution in [1.82, 2.24) is 25.4 Å². The van der Waals surface area contributed by atoms with Crippen LogP contribution in [0.2, 0.25) is 5.02 Å². The number of rotatable bonds is 13. The first-order chi connectivity index (χ1) is 30.5. The van der Waals surface area contributed by atoms with E-state index in [0.29, 0.717) is 42.0 Å². The van der Waals surface area contributed by atoms with Crippen molar-refractivity contribution in [2.24, 2.45) is 0 Å². The van der Waals surface area contributed by atoms with Gasteiger partial charge in [-0.1, -0.05) is 105 Å². The summed E-state index contributed by atoms with van der Waals surface area (Å²) >= 11 is 5.97. The number of phenolic OH excluding ortho intramolecular Hbond substituents is 4. The number of aromatic nitrogens is 2. The molecule has 2 aromatic heterocycles. The molecule has 1 aliphatic heterocycles. The van der Waals surface area contributed by atoms with Gasteiger partial charge in [0.25, 0.3) is 11.7 Å². The van der Waals surface area contributed by atoms with E-state index in [0.717, 1.165) is 62.0 Å². The van der Waals surface area contributed by atoms with Crippen LogP contribution < -0.4 is 5.32 Å². The van der Waals surface area contributed by atoms with Gasteiger partial charge in [0.15, 0.2) is 11.5 Å². The quantitative estimate of drug-likeness (QED) is 0.0639. The second kappa shape index (κ2) is 20.4. The predicted molar refractivity (Wildman–Crippen MR) is 243 cm³/mol. The minimum atomic E-state index is -1.29. The fraction of sp³-hybridized carbons (Fsp3) is 0.333. The number of morpholine rings is 1. The summed E-state index contributed by atoms with van der Waals surface area (Å²) in [7, 11) is 0. The zero-order valence-corrected chi connectivity index (χ0v) is 37.5. The van der Waals surface area contributed by atoms with Crippen molar-refractivity contribution in [3.8, 4) is 67.8 Å². The number of benzene rings is 4. The van der Waals surface area contributed by atoms with Crippen molar-refractivity contribution < 1.29 is 48.9 Å². The highest BCUT2D eigenvalue weighted by molar-refractivity contribution is 6.32. The van der Waals surface area contributed by atoms with E-state index >= 15 is 0 Å². The molecule has 0 radical (unpaired) electrons. The minimum Gasteiger partial charge on any atom is -0.508 e. The molecule has 1 saturated heterocycles. The summed E-state index contributed by atoms with van der Waals surface area (Å²) in [5.41, 5.74) is 5.35. The number of aromatic carboxylic acids is 1. The Kier molecular flexibility index (Phi) is 15.0. The minimum absolute atomic E-state index is 0.000444. The van der Waals surface area contributed by atoms with Crippen LogP contribution in [-0.4, -0.2) is 103 Å². The molecule has 338 valence electrons. The Morgan fingerprint density at radius 2 is 1.36 bits per heavy atom. The average Bonchev–Trinajstić information content (AvgIpc) is 3.91. The molecule has 0 aliphatic carbocycles. The largest absolute Gasteiger partial charge is 0.508 e. The number of phenols is 4. The monoisotopic (exact) mass is 895 g/mol. The summed E-state index contributed by atoms with van der Waals surface area (Å²) in [4.78, 5) is 29.1. The fourth-order valence-corrected chi connectivity index (χ4v) is 7.57. The van der Waals surface area contributed by atoms with E-state index in [-0.39, 0.29) is 73.4 Å². The molecule has 7 rings (SSSR count). The fourth-order valence-electron chi connectivity index (χ4n) is 7.41. The van der Waals surface area contributed by atoms with Crippen LogP contribution in [0.5, 0.6) is 23.0 Å². The summed E-state index contributed by atoms with van der Waals surface area (Å²) in [5.74, 6) is -2.46. The molecule has 1 amide bonds. The van der Waals surface area contributed by atoms with E-state index in [2.05, 4.69) is 39.3 Å². The van der Waals surface area contributed by atoms with Crippen LogP contribution in [0.1, 0.15) is 79.3 Å². The molecule has 0 bridgehead atoms. The highest BCUT2D eigenvalue weighted by atomic mass is 35.5. The topological polar surface area (TPSA) is 215 Å². The first-order valence-electron chi connectivity index (χ1n) is 21.0. The molecule has 4 aromatic carbocycles. The van der Waals surface area contributed by atoms with Gasteiger partial charge in [-0.15, -0.1) is 0 Å². The van der Waals surface area contributed by atoms with Gasteiger partial charge in [-0.05, 0) is 59.8 Å². The van der Waals surface area contributed by atoms with Crippen molar-refractivity contribution in [3.05, 3.63) is 106 Å². The Morgan fingerprint density at radius 1 is 0.766 bits per heavy atom. The Labute approximate surface area is 376 Å². The highest BCUT2D eigenvalue weighted by Gasteiger charge is 2.29. The lowest BCUT2D eigenvalue weighted by Crippen LogP contribution is -2.35. The standard InChI is InChI=1S/C27H35N3O4.C21H19ClN2O6/c1-7-28-26(33)24-23(18-12-10-17(11-13-18)16-30(8-2)9-3)25(34-29-24)19-14-20(27(4,5)6)22(32)15-21(19)31;22-15-9-14(16(25)10-17(15)26)19-18(20(21(27)28)30-23-19)13-3-1-12(2-4-13)11-24-5-7-29-8-6-24/h10-15,31-32H,7-9,16H2,1-6H3,(H,28,33);1-4,9-10,25-26H,5-8,11H2,(H,27,28). The van der Waals surface area contributed by atoms with Gasteiger partial charge in [0.05, 0.1) is 34.9 Å². The summed E-state index contributed by atoms with van der Waals surface area (Å²) in [6, 6.07) is 20.7. The summed E-state index contributed by atoms with van der Waals surface area (Å²) in [6.07, 6.45) is 0. The van der Waals surface area contributed by atoms with Gasteiger partial charge in [-0.25, -0.2) is 4.79 Å². The Morgan fingerprint density at radius 3 is 1.95 bits per heavy atom. The van der Waals surface area contributed by atoms with Crippen LogP contribution in [0, 0.1) is 0 Å². The molecule has 1 aliphatic rings. The molecule has 0 spiro atoms. The molecule has 0 atom stereocenters. The number of nitrogens with zero attached hydrogens (tertiary/aromatic N) is 4. The maximum Gasteiger partial charge on any atom is 0.375 e. The zero-order chi connectivity index (χ0) is 46.3.